The Morgan fingerprint density at radius 2 is 0.966 bits per heavy atom. The molecular formula is C27H54ClP. The van der Waals surface area contributed by atoms with Crippen molar-refractivity contribution >= 4 is 19.2 Å². The van der Waals surface area contributed by atoms with Gasteiger partial charge in [-0.25, -0.2) is 0 Å². The normalized spacial score (nSPS) is 12.7. The highest BCUT2D eigenvalue weighted by Crippen LogP contribution is 2.32. The average Bonchev–Trinajstić information content (AvgIpc) is 2.74. The van der Waals surface area contributed by atoms with Gasteiger partial charge in [-0.15, -0.1) is 0 Å². The number of rotatable bonds is 23. The molecule has 0 rings (SSSR count). The molecule has 2 atom stereocenters. The fraction of sp³-hybridized carbons (Fsp3) is 0.926. The summed E-state index contributed by atoms with van der Waals surface area (Å²) in [6.07, 6.45) is 31.8. The summed E-state index contributed by atoms with van der Waals surface area (Å²) in [6.45, 7) is 6.90. The van der Waals surface area contributed by atoms with Crippen LogP contribution in [-0.4, -0.2) is 5.66 Å². The van der Waals surface area contributed by atoms with E-state index in [4.69, 9.17) is 11.2 Å². The van der Waals surface area contributed by atoms with E-state index < -0.39 is 0 Å². The van der Waals surface area contributed by atoms with Crippen molar-refractivity contribution in [3.8, 4) is 0 Å². The van der Waals surface area contributed by atoms with E-state index in [0.29, 0.717) is 13.6 Å². The molecule has 0 aromatic rings. The number of allylic oxidation sites excluding steroid dienone is 2. The summed E-state index contributed by atoms with van der Waals surface area (Å²) >= 11 is 6.39. The van der Waals surface area contributed by atoms with E-state index in [1.54, 1.807) is 5.57 Å². The Hall–Kier alpha value is 0.460. The van der Waals surface area contributed by atoms with Gasteiger partial charge in [0.05, 0.1) is 0 Å². The molecule has 0 amide bonds. The van der Waals surface area contributed by atoms with E-state index in [0.717, 1.165) is 0 Å². The molecule has 2 heteroatoms. The van der Waals surface area contributed by atoms with Crippen LogP contribution in [0.4, 0.5) is 0 Å². The van der Waals surface area contributed by atoms with Gasteiger partial charge in [0, 0.05) is 5.66 Å². The highest BCUT2D eigenvalue weighted by Gasteiger charge is 2.07. The fourth-order valence-electron chi connectivity index (χ4n) is 4.15. The molecule has 2 unspecified atom stereocenters. The summed E-state index contributed by atoms with van der Waals surface area (Å²) < 4.78 is 0. The first-order chi connectivity index (χ1) is 14.3. The number of halogens is 1. The zero-order valence-corrected chi connectivity index (χ0v) is 22.1. The van der Waals surface area contributed by atoms with Crippen molar-refractivity contribution in [1.82, 2.24) is 0 Å². The monoisotopic (exact) mass is 444 g/mol. The van der Waals surface area contributed by atoms with Crippen molar-refractivity contribution in [3.05, 3.63) is 11.6 Å². The van der Waals surface area contributed by atoms with E-state index in [1.807, 2.05) is 0 Å². The maximum atomic E-state index is 6.39. The second-order valence-electron chi connectivity index (χ2n) is 9.13. The van der Waals surface area contributed by atoms with Crippen LogP contribution in [0.15, 0.2) is 11.6 Å². The molecule has 0 saturated carbocycles. The summed E-state index contributed by atoms with van der Waals surface area (Å²) in [4.78, 5) is 0. The van der Waals surface area contributed by atoms with Crippen molar-refractivity contribution in [3.63, 3.8) is 0 Å². The Morgan fingerprint density at radius 1 is 0.586 bits per heavy atom. The van der Waals surface area contributed by atoms with Gasteiger partial charge in [-0.2, -0.15) is 0 Å². The molecule has 0 aliphatic carbocycles. The van der Waals surface area contributed by atoms with Crippen LogP contribution in [0.5, 0.6) is 0 Å². The van der Waals surface area contributed by atoms with E-state index in [1.165, 1.54) is 135 Å². The minimum absolute atomic E-state index is 0.560. The van der Waals surface area contributed by atoms with Crippen LogP contribution in [0.3, 0.4) is 0 Å². The minimum Gasteiger partial charge on any atom is -0.0995 e. The summed E-state index contributed by atoms with van der Waals surface area (Å²) in [7, 11) is 0.560. The van der Waals surface area contributed by atoms with Gasteiger partial charge in [0.1, 0.15) is 0 Å². The molecule has 0 bridgehead atoms. The third-order valence-corrected chi connectivity index (χ3v) is 7.73. The topological polar surface area (TPSA) is 0 Å². The third kappa shape index (κ3) is 21.5. The molecule has 0 N–H and O–H groups in total. The lowest BCUT2D eigenvalue weighted by Gasteiger charge is -2.14. The molecular weight excluding hydrogens is 391 g/mol. The smallest absolute Gasteiger partial charge is 0.00842 e. The maximum absolute atomic E-state index is 6.39. The fourth-order valence-corrected chi connectivity index (χ4v) is 5.28. The lowest BCUT2D eigenvalue weighted by Crippen LogP contribution is -1.98. The molecule has 0 radical (unpaired) electrons. The van der Waals surface area contributed by atoms with Crippen molar-refractivity contribution in [2.24, 2.45) is 0 Å². The van der Waals surface area contributed by atoms with Gasteiger partial charge in [0.15, 0.2) is 0 Å². The van der Waals surface area contributed by atoms with Crippen molar-refractivity contribution in [2.75, 3.05) is 0 Å². The largest absolute Gasteiger partial charge is 0.0995 e. The molecule has 0 nitrogen and oxygen atoms in total. The summed E-state index contributed by atoms with van der Waals surface area (Å²) in [5.74, 6) is 0. The van der Waals surface area contributed by atoms with Crippen LogP contribution in [0.25, 0.3) is 0 Å². The van der Waals surface area contributed by atoms with Crippen LogP contribution in [0.1, 0.15) is 156 Å². The Bertz CT molecular complexity index is 321. The summed E-state index contributed by atoms with van der Waals surface area (Å²) in [6, 6.07) is 0. The molecule has 0 fully saturated rings. The Balaban J connectivity index is 4.31. The predicted molar refractivity (Wildman–Crippen MR) is 140 cm³/mol. The molecule has 0 heterocycles. The molecule has 0 spiro atoms. The zero-order chi connectivity index (χ0) is 21.4. The van der Waals surface area contributed by atoms with Crippen LogP contribution in [0, 0.1) is 0 Å². The van der Waals surface area contributed by atoms with Crippen LogP contribution >= 0.6 is 19.2 Å². The molecule has 0 aromatic heterocycles. The Labute approximate surface area is 192 Å². The van der Waals surface area contributed by atoms with E-state index in [2.05, 4.69) is 26.8 Å². The molecule has 174 valence electrons. The van der Waals surface area contributed by atoms with Gasteiger partial charge in [-0.3, -0.25) is 0 Å². The third-order valence-electron chi connectivity index (χ3n) is 6.15. The molecule has 0 aliphatic heterocycles. The lowest BCUT2D eigenvalue weighted by atomic mass is 9.97. The van der Waals surface area contributed by atoms with E-state index in [-0.39, 0.29) is 0 Å². The first-order valence-electron chi connectivity index (χ1n) is 13.3. The minimum atomic E-state index is 0.560. The highest BCUT2D eigenvalue weighted by molar-refractivity contribution is 7.69. The quantitative estimate of drug-likeness (QED) is 0.0834. The molecule has 0 saturated heterocycles. The van der Waals surface area contributed by atoms with E-state index >= 15 is 0 Å². The van der Waals surface area contributed by atoms with Gasteiger partial charge in [-0.1, -0.05) is 146 Å². The first kappa shape index (κ1) is 29.5. The molecule has 29 heavy (non-hydrogen) atoms. The standard InChI is InChI=1S/C27H54ClP/c1-4-7-10-13-16-19-22-26(23-20-17-14-11-8-5-2)25-27(29-28)24-21-18-15-12-9-6-3/h25,27,29H,4-24H2,1-3H3. The van der Waals surface area contributed by atoms with Gasteiger partial charge >= 0.3 is 0 Å². The second-order valence-corrected chi connectivity index (χ2v) is 10.7. The number of hydrogen-bond donors (Lipinski definition) is 0. The number of unbranched alkanes of at least 4 members (excludes halogenated alkanes) is 15. The maximum Gasteiger partial charge on any atom is 0.00842 e. The van der Waals surface area contributed by atoms with Gasteiger partial charge in [-0.05, 0) is 40.0 Å². The van der Waals surface area contributed by atoms with Crippen molar-refractivity contribution in [2.45, 2.75) is 161 Å². The van der Waals surface area contributed by atoms with E-state index in [9.17, 15) is 0 Å². The van der Waals surface area contributed by atoms with Crippen molar-refractivity contribution < 1.29 is 0 Å². The summed E-state index contributed by atoms with van der Waals surface area (Å²) in [5, 5.41) is 0. The van der Waals surface area contributed by atoms with Crippen molar-refractivity contribution in [1.29, 1.82) is 0 Å². The second kappa shape index (κ2) is 24.7. The number of hydrogen-bond acceptors (Lipinski definition) is 0. The Morgan fingerprint density at radius 3 is 1.38 bits per heavy atom. The zero-order valence-electron chi connectivity index (χ0n) is 20.4. The average molecular weight is 445 g/mol. The van der Waals surface area contributed by atoms with Gasteiger partial charge < -0.3 is 0 Å². The summed E-state index contributed by atoms with van der Waals surface area (Å²) in [5.41, 5.74) is 2.37. The SMILES string of the molecule is CCCCCCCCC(=CC(CCCCCCCC)PCl)CCCCCCCC. The predicted octanol–water partition coefficient (Wildman–Crippen LogP) is 11.4. The van der Waals surface area contributed by atoms with Crippen LogP contribution in [0.2, 0.25) is 0 Å². The highest BCUT2D eigenvalue weighted by atomic mass is 35.7. The molecule has 0 aliphatic rings. The first-order valence-corrected chi connectivity index (χ1v) is 15.4. The molecule has 0 aromatic carbocycles. The lowest BCUT2D eigenvalue weighted by molar-refractivity contribution is 0.579. The van der Waals surface area contributed by atoms with Gasteiger partial charge in [0.2, 0.25) is 0 Å². The van der Waals surface area contributed by atoms with Crippen LogP contribution < -0.4 is 0 Å². The van der Waals surface area contributed by atoms with Gasteiger partial charge in [0.25, 0.3) is 0 Å². The Kier molecular flexibility index (Phi) is 25.1. The van der Waals surface area contributed by atoms with Crippen LogP contribution in [-0.2, 0) is 0 Å².